The van der Waals surface area contributed by atoms with E-state index in [1.54, 1.807) is 0 Å². The predicted octanol–water partition coefficient (Wildman–Crippen LogP) is 3.81. The number of benzene rings is 2. The van der Waals surface area contributed by atoms with Crippen LogP contribution in [0.3, 0.4) is 0 Å². The summed E-state index contributed by atoms with van der Waals surface area (Å²) in [5, 5.41) is 0. The molecule has 0 aliphatic carbocycles. The second-order valence-corrected chi connectivity index (χ2v) is 5.32. The summed E-state index contributed by atoms with van der Waals surface area (Å²) in [6.07, 6.45) is -0.555. The molecular formula is C18H14F4O4. The molecule has 2 rings (SSSR count). The van der Waals surface area contributed by atoms with Crippen molar-refractivity contribution in [3.63, 3.8) is 0 Å². The summed E-state index contributed by atoms with van der Waals surface area (Å²) in [4.78, 5) is 23.1. The number of halogens is 4. The SMILES string of the molecule is O=C(CCC(=O)OCc1ccc(F)c(F)c1)OCc1ccc(F)c(F)c1. The van der Waals surface area contributed by atoms with Crippen LogP contribution < -0.4 is 0 Å². The lowest BCUT2D eigenvalue weighted by molar-refractivity contribution is -0.151. The first-order valence-electron chi connectivity index (χ1n) is 7.54. The molecule has 0 aliphatic heterocycles. The summed E-state index contributed by atoms with van der Waals surface area (Å²) >= 11 is 0. The standard InChI is InChI=1S/C18H14F4O4/c19-13-3-1-11(7-15(13)21)9-25-17(23)5-6-18(24)26-10-12-2-4-14(20)16(22)8-12/h1-4,7-8H,5-6,9-10H2. The van der Waals surface area contributed by atoms with Crippen molar-refractivity contribution < 1.29 is 36.6 Å². The molecule has 0 amide bonds. The number of carbonyl (C=O) groups is 2. The molecule has 2 aromatic rings. The lowest BCUT2D eigenvalue weighted by atomic mass is 10.2. The van der Waals surface area contributed by atoms with Crippen LogP contribution in [0.4, 0.5) is 17.6 Å². The van der Waals surface area contributed by atoms with Crippen molar-refractivity contribution in [2.75, 3.05) is 0 Å². The minimum Gasteiger partial charge on any atom is -0.461 e. The lowest BCUT2D eigenvalue weighted by Crippen LogP contribution is -2.10. The van der Waals surface area contributed by atoms with E-state index in [9.17, 15) is 27.2 Å². The largest absolute Gasteiger partial charge is 0.461 e. The Hall–Kier alpha value is -2.90. The van der Waals surface area contributed by atoms with Gasteiger partial charge in [0.15, 0.2) is 23.3 Å². The van der Waals surface area contributed by atoms with Crippen molar-refractivity contribution in [1.82, 2.24) is 0 Å². The van der Waals surface area contributed by atoms with E-state index in [0.717, 1.165) is 24.3 Å². The Morgan fingerprint density at radius 1 is 0.654 bits per heavy atom. The van der Waals surface area contributed by atoms with E-state index in [2.05, 4.69) is 0 Å². The van der Waals surface area contributed by atoms with E-state index in [0.29, 0.717) is 0 Å². The third-order valence-electron chi connectivity index (χ3n) is 3.30. The molecule has 0 unspecified atom stereocenters. The molecule has 0 heterocycles. The molecule has 2 aromatic carbocycles. The van der Waals surface area contributed by atoms with Gasteiger partial charge in [-0.2, -0.15) is 0 Å². The van der Waals surface area contributed by atoms with E-state index >= 15 is 0 Å². The molecule has 0 fully saturated rings. The quantitative estimate of drug-likeness (QED) is 0.549. The smallest absolute Gasteiger partial charge is 0.306 e. The Kier molecular flexibility index (Phi) is 6.71. The van der Waals surface area contributed by atoms with E-state index in [1.807, 2.05) is 0 Å². The van der Waals surface area contributed by atoms with Gasteiger partial charge in [-0.25, -0.2) is 17.6 Å². The maximum Gasteiger partial charge on any atom is 0.306 e. The van der Waals surface area contributed by atoms with Gasteiger partial charge >= 0.3 is 11.9 Å². The van der Waals surface area contributed by atoms with E-state index < -0.39 is 35.2 Å². The molecule has 0 radical (unpaired) electrons. The van der Waals surface area contributed by atoms with Crippen molar-refractivity contribution in [2.24, 2.45) is 0 Å². The van der Waals surface area contributed by atoms with Crippen LogP contribution in [0.15, 0.2) is 36.4 Å². The Labute approximate surface area is 146 Å². The molecular weight excluding hydrogens is 356 g/mol. The highest BCUT2D eigenvalue weighted by Gasteiger charge is 2.11. The van der Waals surface area contributed by atoms with Crippen molar-refractivity contribution in [1.29, 1.82) is 0 Å². The predicted molar refractivity (Wildman–Crippen MR) is 81.5 cm³/mol. The van der Waals surface area contributed by atoms with Crippen molar-refractivity contribution in [3.8, 4) is 0 Å². The summed E-state index contributed by atoms with van der Waals surface area (Å²) < 4.78 is 61.2. The van der Waals surface area contributed by atoms with Gasteiger partial charge in [0.1, 0.15) is 13.2 Å². The van der Waals surface area contributed by atoms with Crippen LogP contribution in [0.25, 0.3) is 0 Å². The van der Waals surface area contributed by atoms with Gasteiger partial charge in [0, 0.05) is 0 Å². The summed E-state index contributed by atoms with van der Waals surface area (Å²) in [6, 6.07) is 6.16. The normalized spacial score (nSPS) is 10.5. The van der Waals surface area contributed by atoms with Crippen LogP contribution in [0, 0.1) is 23.3 Å². The number of carbonyl (C=O) groups excluding carboxylic acids is 2. The summed E-state index contributed by atoms with van der Waals surface area (Å²) in [7, 11) is 0. The molecule has 4 nitrogen and oxygen atoms in total. The van der Waals surface area contributed by atoms with Gasteiger partial charge in [0.25, 0.3) is 0 Å². The summed E-state index contributed by atoms with van der Waals surface area (Å²) in [5.74, 6) is -5.58. The Morgan fingerprint density at radius 2 is 1.04 bits per heavy atom. The van der Waals surface area contributed by atoms with Crippen molar-refractivity contribution >= 4 is 11.9 Å². The lowest BCUT2D eigenvalue weighted by Gasteiger charge is -2.07. The highest BCUT2D eigenvalue weighted by Crippen LogP contribution is 2.12. The van der Waals surface area contributed by atoms with Crippen LogP contribution >= 0.6 is 0 Å². The molecule has 0 saturated heterocycles. The van der Waals surface area contributed by atoms with Crippen LogP contribution in [0.5, 0.6) is 0 Å². The highest BCUT2D eigenvalue weighted by atomic mass is 19.2. The fourth-order valence-corrected chi connectivity index (χ4v) is 1.93. The molecule has 0 saturated carbocycles. The average molecular weight is 370 g/mol. The molecule has 0 aromatic heterocycles. The van der Waals surface area contributed by atoms with Gasteiger partial charge in [-0.3, -0.25) is 9.59 Å². The van der Waals surface area contributed by atoms with Crippen LogP contribution in [-0.4, -0.2) is 11.9 Å². The van der Waals surface area contributed by atoms with Gasteiger partial charge in [0.2, 0.25) is 0 Å². The second kappa shape index (κ2) is 8.98. The summed E-state index contributed by atoms with van der Waals surface area (Å²) in [6.45, 7) is -0.528. The van der Waals surface area contributed by atoms with Crippen molar-refractivity contribution in [2.45, 2.75) is 26.1 Å². The monoisotopic (exact) mass is 370 g/mol. The average Bonchev–Trinajstić information content (AvgIpc) is 2.62. The maximum atomic E-state index is 13.0. The molecule has 0 aliphatic rings. The van der Waals surface area contributed by atoms with E-state index in [4.69, 9.17) is 9.47 Å². The van der Waals surface area contributed by atoms with Crippen molar-refractivity contribution in [3.05, 3.63) is 70.8 Å². The van der Waals surface area contributed by atoms with E-state index in [1.165, 1.54) is 12.1 Å². The zero-order chi connectivity index (χ0) is 19.1. The fraction of sp³-hybridized carbons (Fsp3) is 0.222. The Bertz CT molecular complexity index is 740. The van der Waals surface area contributed by atoms with E-state index in [-0.39, 0.29) is 37.2 Å². The first-order valence-corrected chi connectivity index (χ1v) is 7.54. The third-order valence-corrected chi connectivity index (χ3v) is 3.30. The van der Waals surface area contributed by atoms with Crippen LogP contribution in [0.2, 0.25) is 0 Å². The van der Waals surface area contributed by atoms with Gasteiger partial charge in [-0.15, -0.1) is 0 Å². The topological polar surface area (TPSA) is 52.6 Å². The third kappa shape index (κ3) is 5.87. The molecule has 0 bridgehead atoms. The minimum absolute atomic E-state index is 0.262. The first kappa shape index (κ1) is 19.4. The molecule has 138 valence electrons. The number of ether oxygens (including phenoxy) is 2. The van der Waals surface area contributed by atoms with Crippen LogP contribution in [0.1, 0.15) is 24.0 Å². The highest BCUT2D eigenvalue weighted by molar-refractivity contribution is 5.77. The zero-order valence-electron chi connectivity index (χ0n) is 13.4. The summed E-state index contributed by atoms with van der Waals surface area (Å²) in [5.41, 5.74) is 0.524. The Morgan fingerprint density at radius 3 is 1.38 bits per heavy atom. The Balaban J connectivity index is 1.70. The van der Waals surface area contributed by atoms with Gasteiger partial charge in [-0.1, -0.05) is 12.1 Å². The number of esters is 2. The maximum absolute atomic E-state index is 13.0. The first-order chi connectivity index (χ1) is 12.3. The number of rotatable bonds is 7. The minimum atomic E-state index is -1.06. The molecule has 8 heteroatoms. The fourth-order valence-electron chi connectivity index (χ4n) is 1.93. The van der Waals surface area contributed by atoms with Gasteiger partial charge in [0.05, 0.1) is 12.8 Å². The number of hydrogen-bond donors (Lipinski definition) is 0. The molecule has 0 spiro atoms. The van der Waals surface area contributed by atoms with Gasteiger partial charge in [-0.05, 0) is 35.4 Å². The number of hydrogen-bond acceptors (Lipinski definition) is 4. The van der Waals surface area contributed by atoms with Gasteiger partial charge < -0.3 is 9.47 Å². The second-order valence-electron chi connectivity index (χ2n) is 5.32. The molecule has 0 N–H and O–H groups in total. The molecule has 0 atom stereocenters. The van der Waals surface area contributed by atoms with Crippen LogP contribution in [-0.2, 0) is 32.3 Å². The zero-order valence-corrected chi connectivity index (χ0v) is 13.4. The molecule has 26 heavy (non-hydrogen) atoms.